The predicted octanol–water partition coefficient (Wildman–Crippen LogP) is 4.47. The van der Waals surface area contributed by atoms with Crippen LogP contribution in [0.2, 0.25) is 0 Å². The summed E-state index contributed by atoms with van der Waals surface area (Å²) in [5.41, 5.74) is 4.63. The fourth-order valence-corrected chi connectivity index (χ4v) is 3.79. The van der Waals surface area contributed by atoms with E-state index in [0.29, 0.717) is 12.4 Å². The van der Waals surface area contributed by atoms with Gasteiger partial charge in [-0.15, -0.1) is 11.3 Å². The Morgan fingerprint density at radius 3 is 2.60 bits per heavy atom. The maximum atomic E-state index is 5.92. The second kappa shape index (κ2) is 10.2. The molecular weight excluding hydrogens is 394 g/mol. The van der Waals surface area contributed by atoms with E-state index in [2.05, 4.69) is 59.4 Å². The molecule has 158 valence electrons. The third-order valence-corrected chi connectivity index (χ3v) is 6.02. The summed E-state index contributed by atoms with van der Waals surface area (Å²) in [6.07, 6.45) is 2.64. The number of pyridine rings is 1. The number of guanidine groups is 1. The molecule has 1 aromatic carbocycles. The van der Waals surface area contributed by atoms with E-state index >= 15 is 0 Å². The minimum atomic E-state index is 0.579. The SMILES string of the molecule is CN=C(NCCc1nc(C)c(C)s1)NCc1ccnc(Oc2ccc(C)c(C)c2)c1. The monoisotopic (exact) mass is 423 g/mol. The van der Waals surface area contributed by atoms with Gasteiger partial charge in [-0.3, -0.25) is 4.99 Å². The average molecular weight is 424 g/mol. The lowest BCUT2D eigenvalue weighted by Gasteiger charge is -2.12. The number of thiazole rings is 1. The number of nitrogens with one attached hydrogen (secondary N) is 2. The summed E-state index contributed by atoms with van der Waals surface area (Å²) in [4.78, 5) is 14.5. The van der Waals surface area contributed by atoms with Crippen molar-refractivity contribution in [3.63, 3.8) is 0 Å². The molecule has 0 radical (unpaired) electrons. The predicted molar refractivity (Wildman–Crippen MR) is 124 cm³/mol. The molecule has 0 saturated heterocycles. The van der Waals surface area contributed by atoms with Gasteiger partial charge in [-0.1, -0.05) is 6.07 Å². The molecule has 0 aliphatic heterocycles. The van der Waals surface area contributed by atoms with Gasteiger partial charge in [0.1, 0.15) is 5.75 Å². The molecule has 3 rings (SSSR count). The standard InChI is InChI=1S/C23H29N5OS/c1-15-6-7-20(12-16(15)2)29-21-13-19(8-10-25-21)14-27-23(24-5)26-11-9-22-28-17(3)18(4)30-22/h6-8,10,12-13H,9,11,14H2,1-5H3,(H2,24,26,27). The fourth-order valence-electron chi connectivity index (χ4n) is 2.85. The zero-order valence-electron chi connectivity index (χ0n) is 18.2. The summed E-state index contributed by atoms with van der Waals surface area (Å²) in [5.74, 6) is 2.13. The molecule has 2 heterocycles. The Balaban J connectivity index is 1.51. The van der Waals surface area contributed by atoms with Gasteiger partial charge in [0.25, 0.3) is 0 Å². The number of hydrogen-bond acceptors (Lipinski definition) is 5. The van der Waals surface area contributed by atoms with Crippen LogP contribution in [-0.2, 0) is 13.0 Å². The summed E-state index contributed by atoms with van der Waals surface area (Å²) in [5, 5.41) is 7.82. The van der Waals surface area contributed by atoms with Crippen molar-refractivity contribution in [1.82, 2.24) is 20.6 Å². The number of ether oxygens (including phenoxy) is 1. The van der Waals surface area contributed by atoms with E-state index < -0.39 is 0 Å². The molecule has 7 heteroatoms. The van der Waals surface area contributed by atoms with Crippen molar-refractivity contribution in [2.75, 3.05) is 13.6 Å². The van der Waals surface area contributed by atoms with E-state index in [1.807, 2.05) is 24.3 Å². The van der Waals surface area contributed by atoms with E-state index in [4.69, 9.17) is 4.74 Å². The molecule has 2 aromatic heterocycles. The molecule has 2 N–H and O–H groups in total. The third kappa shape index (κ3) is 6.03. The minimum absolute atomic E-state index is 0.579. The maximum absolute atomic E-state index is 5.92. The zero-order valence-corrected chi connectivity index (χ0v) is 19.1. The summed E-state index contributed by atoms with van der Waals surface area (Å²) in [6, 6.07) is 9.95. The van der Waals surface area contributed by atoms with Gasteiger partial charge in [-0.25, -0.2) is 9.97 Å². The van der Waals surface area contributed by atoms with Gasteiger partial charge in [0, 0.05) is 43.7 Å². The van der Waals surface area contributed by atoms with Gasteiger partial charge in [0.05, 0.1) is 10.7 Å². The van der Waals surface area contributed by atoms with Gasteiger partial charge in [-0.05, 0) is 62.6 Å². The van der Waals surface area contributed by atoms with Crippen molar-refractivity contribution in [3.05, 3.63) is 68.8 Å². The van der Waals surface area contributed by atoms with Crippen LogP contribution < -0.4 is 15.4 Å². The van der Waals surface area contributed by atoms with Crippen LogP contribution in [0.15, 0.2) is 41.5 Å². The van der Waals surface area contributed by atoms with Gasteiger partial charge < -0.3 is 15.4 Å². The van der Waals surface area contributed by atoms with Crippen molar-refractivity contribution in [3.8, 4) is 11.6 Å². The lowest BCUT2D eigenvalue weighted by Crippen LogP contribution is -2.37. The van der Waals surface area contributed by atoms with Crippen LogP contribution in [-0.4, -0.2) is 29.5 Å². The summed E-state index contributed by atoms with van der Waals surface area (Å²) < 4.78 is 5.92. The normalized spacial score (nSPS) is 11.4. The lowest BCUT2D eigenvalue weighted by molar-refractivity contribution is 0.461. The van der Waals surface area contributed by atoms with Gasteiger partial charge in [0.2, 0.25) is 5.88 Å². The number of aliphatic imine (C=N–C) groups is 1. The van der Waals surface area contributed by atoms with Crippen LogP contribution in [0.5, 0.6) is 11.6 Å². The Morgan fingerprint density at radius 1 is 1.07 bits per heavy atom. The van der Waals surface area contributed by atoms with Gasteiger partial charge >= 0.3 is 0 Å². The Hall–Kier alpha value is -2.93. The zero-order chi connectivity index (χ0) is 21.5. The topological polar surface area (TPSA) is 71.4 Å². The van der Waals surface area contributed by atoms with Crippen molar-refractivity contribution in [1.29, 1.82) is 0 Å². The highest BCUT2D eigenvalue weighted by molar-refractivity contribution is 7.11. The van der Waals surface area contributed by atoms with E-state index in [1.54, 1.807) is 24.6 Å². The first-order valence-corrected chi connectivity index (χ1v) is 10.8. The number of benzene rings is 1. The number of rotatable bonds is 7. The van der Waals surface area contributed by atoms with Gasteiger partial charge in [-0.2, -0.15) is 0 Å². The number of hydrogen-bond donors (Lipinski definition) is 2. The van der Waals surface area contributed by atoms with Crippen LogP contribution in [0, 0.1) is 27.7 Å². The molecule has 0 amide bonds. The lowest BCUT2D eigenvalue weighted by atomic mass is 10.1. The van der Waals surface area contributed by atoms with E-state index in [9.17, 15) is 0 Å². The van der Waals surface area contributed by atoms with Crippen LogP contribution in [0.1, 0.15) is 32.3 Å². The molecule has 0 bridgehead atoms. The molecule has 0 atom stereocenters. The molecule has 0 saturated carbocycles. The van der Waals surface area contributed by atoms with E-state index in [0.717, 1.165) is 40.9 Å². The first-order chi connectivity index (χ1) is 14.4. The molecule has 30 heavy (non-hydrogen) atoms. The molecule has 0 fully saturated rings. The number of nitrogens with zero attached hydrogens (tertiary/aromatic N) is 3. The number of aryl methyl sites for hydroxylation is 4. The van der Waals surface area contributed by atoms with Crippen LogP contribution >= 0.6 is 11.3 Å². The van der Waals surface area contributed by atoms with Crippen molar-refractivity contribution in [2.45, 2.75) is 40.7 Å². The largest absolute Gasteiger partial charge is 0.439 e. The second-order valence-electron chi connectivity index (χ2n) is 7.20. The smallest absolute Gasteiger partial charge is 0.219 e. The summed E-state index contributed by atoms with van der Waals surface area (Å²) >= 11 is 1.76. The maximum Gasteiger partial charge on any atom is 0.219 e. The molecule has 0 aliphatic carbocycles. The highest BCUT2D eigenvalue weighted by atomic mass is 32.1. The second-order valence-corrected chi connectivity index (χ2v) is 8.49. The molecular formula is C23H29N5OS. The van der Waals surface area contributed by atoms with E-state index in [-0.39, 0.29) is 0 Å². The van der Waals surface area contributed by atoms with Gasteiger partial charge in [0.15, 0.2) is 5.96 Å². The summed E-state index contributed by atoms with van der Waals surface area (Å²) in [6.45, 7) is 9.73. The third-order valence-electron chi connectivity index (χ3n) is 4.89. The van der Waals surface area contributed by atoms with Crippen LogP contribution in [0.3, 0.4) is 0 Å². The Morgan fingerprint density at radius 2 is 1.90 bits per heavy atom. The molecule has 0 aliphatic rings. The Bertz CT molecular complexity index is 1010. The molecule has 0 unspecified atom stereocenters. The first-order valence-electron chi connectivity index (χ1n) is 10.0. The minimum Gasteiger partial charge on any atom is -0.439 e. The Labute approximate surface area is 182 Å². The average Bonchev–Trinajstić information content (AvgIpc) is 3.05. The highest BCUT2D eigenvalue weighted by Gasteiger charge is 2.06. The quantitative estimate of drug-likeness (QED) is 0.433. The highest BCUT2D eigenvalue weighted by Crippen LogP contribution is 2.22. The Kier molecular flexibility index (Phi) is 7.41. The van der Waals surface area contributed by atoms with Crippen LogP contribution in [0.25, 0.3) is 0 Å². The van der Waals surface area contributed by atoms with Crippen LogP contribution in [0.4, 0.5) is 0 Å². The fraction of sp³-hybridized carbons (Fsp3) is 0.348. The molecule has 0 spiro atoms. The van der Waals surface area contributed by atoms with Crippen molar-refractivity contribution in [2.24, 2.45) is 4.99 Å². The van der Waals surface area contributed by atoms with Crippen molar-refractivity contribution < 1.29 is 4.74 Å². The summed E-state index contributed by atoms with van der Waals surface area (Å²) in [7, 11) is 1.77. The molecule has 6 nitrogen and oxygen atoms in total. The van der Waals surface area contributed by atoms with Crippen molar-refractivity contribution >= 4 is 17.3 Å². The molecule has 3 aromatic rings. The first kappa shape index (κ1) is 21.8. The van der Waals surface area contributed by atoms with E-state index in [1.165, 1.54) is 16.0 Å². The number of aromatic nitrogens is 2.